The highest BCUT2D eigenvalue weighted by Gasteiger charge is 2.29. The van der Waals surface area contributed by atoms with Crippen LogP contribution in [-0.2, 0) is 4.74 Å². The summed E-state index contributed by atoms with van der Waals surface area (Å²) in [6, 6.07) is 0. The molecule has 0 radical (unpaired) electrons. The minimum Gasteiger partial charge on any atom is -0.378 e. The maximum Gasteiger partial charge on any atom is 0.0645 e. The fourth-order valence-electron chi connectivity index (χ4n) is 1.72. The van der Waals surface area contributed by atoms with Gasteiger partial charge in [0.15, 0.2) is 0 Å². The lowest BCUT2D eigenvalue weighted by molar-refractivity contribution is -0.0499. The van der Waals surface area contributed by atoms with E-state index in [2.05, 4.69) is 30.6 Å². The fraction of sp³-hybridized carbons (Fsp3) is 0.818. The van der Waals surface area contributed by atoms with Crippen molar-refractivity contribution in [3.05, 3.63) is 12.7 Å². The number of rotatable bonds is 5. The van der Waals surface area contributed by atoms with E-state index >= 15 is 0 Å². The van der Waals surface area contributed by atoms with Crippen molar-refractivity contribution in [1.82, 2.24) is 10.2 Å². The fourth-order valence-corrected chi connectivity index (χ4v) is 1.72. The van der Waals surface area contributed by atoms with E-state index in [1.165, 1.54) is 0 Å². The molecule has 0 aromatic carbocycles. The van der Waals surface area contributed by atoms with Crippen molar-refractivity contribution in [2.75, 3.05) is 39.4 Å². The van der Waals surface area contributed by atoms with Crippen LogP contribution in [-0.4, -0.2) is 49.8 Å². The summed E-state index contributed by atoms with van der Waals surface area (Å²) < 4.78 is 5.46. The van der Waals surface area contributed by atoms with Crippen molar-refractivity contribution in [2.24, 2.45) is 0 Å². The molecule has 0 amide bonds. The summed E-state index contributed by atoms with van der Waals surface area (Å²) in [5, 5.41) is 3.32. The standard InChI is InChI=1S/C11H22N2O/c1-4-5-12-6-7-13-8-9-14-10-11(13,2)3/h4,12H,1,5-10H2,2-3H3. The van der Waals surface area contributed by atoms with Crippen LogP contribution in [0.5, 0.6) is 0 Å². The van der Waals surface area contributed by atoms with E-state index < -0.39 is 0 Å². The van der Waals surface area contributed by atoms with Crippen LogP contribution in [0.3, 0.4) is 0 Å². The van der Waals surface area contributed by atoms with Crippen molar-refractivity contribution >= 4 is 0 Å². The summed E-state index contributed by atoms with van der Waals surface area (Å²) in [4.78, 5) is 2.48. The first-order valence-electron chi connectivity index (χ1n) is 5.31. The monoisotopic (exact) mass is 198 g/mol. The Morgan fingerprint density at radius 2 is 2.36 bits per heavy atom. The van der Waals surface area contributed by atoms with E-state index in [9.17, 15) is 0 Å². The highest BCUT2D eigenvalue weighted by molar-refractivity contribution is 4.84. The Labute approximate surface area is 87.1 Å². The van der Waals surface area contributed by atoms with Gasteiger partial charge in [-0.3, -0.25) is 4.90 Å². The maximum absolute atomic E-state index is 5.46. The Morgan fingerprint density at radius 1 is 1.57 bits per heavy atom. The minimum atomic E-state index is 0.189. The Morgan fingerprint density at radius 3 is 3.00 bits per heavy atom. The Kier molecular flexibility index (Phi) is 4.58. The number of hydrogen-bond acceptors (Lipinski definition) is 3. The summed E-state index contributed by atoms with van der Waals surface area (Å²) in [7, 11) is 0. The SMILES string of the molecule is C=CCNCCN1CCOCC1(C)C. The third-order valence-corrected chi connectivity index (χ3v) is 2.66. The van der Waals surface area contributed by atoms with Gasteiger partial charge in [0.05, 0.1) is 13.2 Å². The number of morpholine rings is 1. The molecule has 1 aliphatic heterocycles. The van der Waals surface area contributed by atoms with Crippen LogP contribution in [0.4, 0.5) is 0 Å². The number of hydrogen-bond donors (Lipinski definition) is 1. The predicted molar refractivity (Wildman–Crippen MR) is 59.5 cm³/mol. The first-order chi connectivity index (χ1) is 6.67. The molecular formula is C11H22N2O. The summed E-state index contributed by atoms with van der Waals surface area (Å²) >= 11 is 0. The van der Waals surface area contributed by atoms with E-state index in [4.69, 9.17) is 4.74 Å². The topological polar surface area (TPSA) is 24.5 Å². The van der Waals surface area contributed by atoms with Crippen molar-refractivity contribution in [3.63, 3.8) is 0 Å². The van der Waals surface area contributed by atoms with Crippen molar-refractivity contribution in [1.29, 1.82) is 0 Å². The van der Waals surface area contributed by atoms with E-state index in [1.807, 2.05) is 6.08 Å². The van der Waals surface area contributed by atoms with Crippen LogP contribution in [0.1, 0.15) is 13.8 Å². The molecule has 1 rings (SSSR count). The van der Waals surface area contributed by atoms with Crippen LogP contribution in [0.25, 0.3) is 0 Å². The Bertz CT molecular complexity index is 180. The molecule has 3 heteroatoms. The maximum atomic E-state index is 5.46. The molecule has 1 heterocycles. The quantitative estimate of drug-likeness (QED) is 0.524. The summed E-state index contributed by atoms with van der Waals surface area (Å²) in [6.07, 6.45) is 1.89. The van der Waals surface area contributed by atoms with E-state index in [1.54, 1.807) is 0 Å². The van der Waals surface area contributed by atoms with Gasteiger partial charge in [-0.25, -0.2) is 0 Å². The molecule has 1 N–H and O–H groups in total. The van der Waals surface area contributed by atoms with Gasteiger partial charge in [-0.1, -0.05) is 6.08 Å². The second-order valence-electron chi connectivity index (χ2n) is 4.34. The van der Waals surface area contributed by atoms with Gasteiger partial charge in [0.25, 0.3) is 0 Å². The Hall–Kier alpha value is -0.380. The normalized spacial score (nSPS) is 22.1. The van der Waals surface area contributed by atoms with Crippen LogP contribution in [0.15, 0.2) is 12.7 Å². The highest BCUT2D eigenvalue weighted by atomic mass is 16.5. The molecule has 0 aliphatic carbocycles. The average molecular weight is 198 g/mol. The third kappa shape index (κ3) is 3.40. The molecule has 3 nitrogen and oxygen atoms in total. The summed E-state index contributed by atoms with van der Waals surface area (Å²) in [5.41, 5.74) is 0.189. The van der Waals surface area contributed by atoms with E-state index in [0.29, 0.717) is 0 Å². The lowest BCUT2D eigenvalue weighted by Crippen LogP contribution is -2.54. The lowest BCUT2D eigenvalue weighted by atomic mass is 10.0. The third-order valence-electron chi connectivity index (χ3n) is 2.66. The number of nitrogens with one attached hydrogen (secondary N) is 1. The van der Waals surface area contributed by atoms with Crippen LogP contribution < -0.4 is 5.32 Å². The Balaban J connectivity index is 2.23. The zero-order chi connectivity index (χ0) is 10.4. The molecule has 0 spiro atoms. The zero-order valence-corrected chi connectivity index (χ0v) is 9.38. The zero-order valence-electron chi connectivity index (χ0n) is 9.38. The van der Waals surface area contributed by atoms with E-state index in [0.717, 1.165) is 39.4 Å². The highest BCUT2D eigenvalue weighted by Crippen LogP contribution is 2.17. The van der Waals surface area contributed by atoms with Gasteiger partial charge in [0.2, 0.25) is 0 Å². The predicted octanol–water partition coefficient (Wildman–Crippen LogP) is 0.873. The molecule has 0 aromatic rings. The van der Waals surface area contributed by atoms with Gasteiger partial charge in [-0.2, -0.15) is 0 Å². The number of nitrogens with zero attached hydrogens (tertiary/aromatic N) is 1. The van der Waals surface area contributed by atoms with Gasteiger partial charge in [0.1, 0.15) is 0 Å². The molecule has 0 saturated carbocycles. The molecule has 0 aromatic heterocycles. The van der Waals surface area contributed by atoms with Crippen molar-refractivity contribution in [2.45, 2.75) is 19.4 Å². The molecule has 0 atom stereocenters. The van der Waals surface area contributed by atoms with Gasteiger partial charge < -0.3 is 10.1 Å². The summed E-state index contributed by atoms with van der Waals surface area (Å²) in [6.45, 7) is 13.9. The summed E-state index contributed by atoms with van der Waals surface area (Å²) in [5.74, 6) is 0. The molecule has 1 aliphatic rings. The van der Waals surface area contributed by atoms with E-state index in [-0.39, 0.29) is 5.54 Å². The molecule has 0 unspecified atom stereocenters. The van der Waals surface area contributed by atoms with Gasteiger partial charge in [-0.05, 0) is 13.8 Å². The largest absolute Gasteiger partial charge is 0.378 e. The molecular weight excluding hydrogens is 176 g/mol. The van der Waals surface area contributed by atoms with Crippen LogP contribution >= 0.6 is 0 Å². The second kappa shape index (κ2) is 5.49. The lowest BCUT2D eigenvalue weighted by Gasteiger charge is -2.42. The van der Waals surface area contributed by atoms with Gasteiger partial charge in [-0.15, -0.1) is 6.58 Å². The molecule has 0 bridgehead atoms. The molecule has 14 heavy (non-hydrogen) atoms. The van der Waals surface area contributed by atoms with Crippen LogP contribution in [0, 0.1) is 0 Å². The van der Waals surface area contributed by atoms with Crippen molar-refractivity contribution < 1.29 is 4.74 Å². The van der Waals surface area contributed by atoms with Crippen molar-refractivity contribution in [3.8, 4) is 0 Å². The molecule has 1 saturated heterocycles. The minimum absolute atomic E-state index is 0.189. The first kappa shape index (κ1) is 11.7. The average Bonchev–Trinajstić information content (AvgIpc) is 2.14. The first-order valence-corrected chi connectivity index (χ1v) is 5.31. The number of ether oxygens (including phenoxy) is 1. The molecule has 1 fully saturated rings. The molecule has 82 valence electrons. The second-order valence-corrected chi connectivity index (χ2v) is 4.34. The van der Waals surface area contributed by atoms with Gasteiger partial charge in [0, 0.05) is 31.7 Å². The smallest absolute Gasteiger partial charge is 0.0645 e. The van der Waals surface area contributed by atoms with Crippen LogP contribution in [0.2, 0.25) is 0 Å². The van der Waals surface area contributed by atoms with Gasteiger partial charge >= 0.3 is 0 Å².